The Morgan fingerprint density at radius 2 is 1.80 bits per heavy atom. The first-order valence-electron chi connectivity index (χ1n) is 6.31. The molecule has 5 heteroatoms. The summed E-state index contributed by atoms with van der Waals surface area (Å²) in [5, 5.41) is 0. The average Bonchev–Trinajstić information content (AvgIpc) is 2.47. The van der Waals surface area contributed by atoms with Crippen LogP contribution >= 0.6 is 0 Å². The summed E-state index contributed by atoms with van der Waals surface area (Å²) in [5.74, 6) is 0.759. The minimum atomic E-state index is -3.55. The molecule has 0 saturated heterocycles. The largest absolute Gasteiger partial charge is 0.496 e. The second-order valence-electron chi connectivity index (χ2n) is 4.30. The van der Waals surface area contributed by atoms with Crippen LogP contribution in [-0.2, 0) is 16.4 Å². The van der Waals surface area contributed by atoms with Gasteiger partial charge in [0.1, 0.15) is 5.75 Å². The topological polar surface area (TPSA) is 55.4 Å². The third-order valence-electron chi connectivity index (χ3n) is 2.97. The lowest BCUT2D eigenvalue weighted by Crippen LogP contribution is -2.13. The van der Waals surface area contributed by atoms with Crippen LogP contribution in [0.5, 0.6) is 5.75 Å². The molecule has 0 spiro atoms. The maximum absolute atomic E-state index is 12.2. The Bertz CT molecular complexity index is 682. The zero-order valence-corrected chi connectivity index (χ0v) is 12.3. The van der Waals surface area contributed by atoms with E-state index >= 15 is 0 Å². The summed E-state index contributed by atoms with van der Waals surface area (Å²) in [5.41, 5.74) is 1.49. The number of hydrogen-bond acceptors (Lipinski definition) is 3. The highest BCUT2D eigenvalue weighted by Crippen LogP contribution is 2.24. The summed E-state index contributed by atoms with van der Waals surface area (Å²) in [6.45, 7) is 1.99. The Labute approximate surface area is 119 Å². The number of sulfonamides is 1. The minimum absolute atomic E-state index is 0.244. The molecule has 0 saturated carbocycles. The van der Waals surface area contributed by atoms with Crippen LogP contribution in [0.1, 0.15) is 12.5 Å². The van der Waals surface area contributed by atoms with Crippen molar-refractivity contribution < 1.29 is 13.2 Å². The van der Waals surface area contributed by atoms with Gasteiger partial charge in [-0.1, -0.05) is 25.1 Å². The predicted octanol–water partition coefficient (Wildman–Crippen LogP) is 3.06. The molecule has 0 fully saturated rings. The number of aryl methyl sites for hydroxylation is 1. The highest BCUT2D eigenvalue weighted by Gasteiger charge is 2.14. The maximum atomic E-state index is 12.2. The predicted molar refractivity (Wildman–Crippen MR) is 79.6 cm³/mol. The summed E-state index contributed by atoms with van der Waals surface area (Å²) in [6.07, 6.45) is 0.768. The van der Waals surface area contributed by atoms with Crippen LogP contribution in [0.4, 0.5) is 5.69 Å². The van der Waals surface area contributed by atoms with E-state index in [1.54, 1.807) is 55.6 Å². The summed E-state index contributed by atoms with van der Waals surface area (Å²) < 4.78 is 32.2. The molecule has 0 atom stereocenters. The van der Waals surface area contributed by atoms with E-state index in [0.29, 0.717) is 5.69 Å². The maximum Gasteiger partial charge on any atom is 0.261 e. The summed E-state index contributed by atoms with van der Waals surface area (Å²) >= 11 is 0. The Kier molecular flexibility index (Phi) is 4.29. The van der Waals surface area contributed by atoms with Crippen molar-refractivity contribution in [3.05, 3.63) is 54.1 Å². The zero-order valence-electron chi connectivity index (χ0n) is 11.5. The second kappa shape index (κ2) is 5.96. The van der Waals surface area contributed by atoms with Crippen LogP contribution in [0.15, 0.2) is 53.4 Å². The van der Waals surface area contributed by atoms with Gasteiger partial charge >= 0.3 is 0 Å². The number of ether oxygens (including phenoxy) is 1. The SMILES string of the molecule is CCc1cc(NS(=O)(=O)c2ccccc2)ccc1OC. The number of benzene rings is 2. The molecule has 0 amide bonds. The number of hydrogen-bond donors (Lipinski definition) is 1. The quantitative estimate of drug-likeness (QED) is 0.921. The van der Waals surface area contributed by atoms with Crippen molar-refractivity contribution in [3.63, 3.8) is 0 Å². The lowest BCUT2D eigenvalue weighted by atomic mass is 10.1. The van der Waals surface area contributed by atoms with Gasteiger partial charge in [-0.2, -0.15) is 0 Å². The fourth-order valence-corrected chi connectivity index (χ4v) is 3.00. The molecule has 2 aromatic rings. The average molecular weight is 291 g/mol. The van der Waals surface area contributed by atoms with E-state index in [4.69, 9.17) is 4.74 Å². The van der Waals surface area contributed by atoms with E-state index in [1.165, 1.54) is 0 Å². The lowest BCUT2D eigenvalue weighted by molar-refractivity contribution is 0.410. The van der Waals surface area contributed by atoms with Gasteiger partial charge in [-0.15, -0.1) is 0 Å². The van der Waals surface area contributed by atoms with Gasteiger partial charge in [0.15, 0.2) is 0 Å². The molecule has 0 unspecified atom stereocenters. The van der Waals surface area contributed by atoms with E-state index in [-0.39, 0.29) is 4.90 Å². The zero-order chi connectivity index (χ0) is 14.6. The third-order valence-corrected chi connectivity index (χ3v) is 4.36. The van der Waals surface area contributed by atoms with Crippen molar-refractivity contribution in [1.29, 1.82) is 0 Å². The Morgan fingerprint density at radius 1 is 1.10 bits per heavy atom. The first-order valence-corrected chi connectivity index (χ1v) is 7.80. The molecule has 106 valence electrons. The summed E-state index contributed by atoms with van der Waals surface area (Å²) in [4.78, 5) is 0.244. The second-order valence-corrected chi connectivity index (χ2v) is 5.98. The molecule has 2 aromatic carbocycles. The van der Waals surface area contributed by atoms with Crippen LogP contribution in [0, 0.1) is 0 Å². The van der Waals surface area contributed by atoms with Crippen molar-refractivity contribution >= 4 is 15.7 Å². The Balaban J connectivity index is 2.30. The van der Waals surface area contributed by atoms with Crippen LogP contribution in [-0.4, -0.2) is 15.5 Å². The van der Waals surface area contributed by atoms with E-state index in [1.807, 2.05) is 6.92 Å². The molecule has 1 N–H and O–H groups in total. The number of nitrogens with one attached hydrogen (secondary N) is 1. The van der Waals surface area contributed by atoms with Crippen molar-refractivity contribution in [1.82, 2.24) is 0 Å². The Morgan fingerprint density at radius 3 is 2.40 bits per heavy atom. The van der Waals surface area contributed by atoms with Crippen LogP contribution in [0.3, 0.4) is 0 Å². The summed E-state index contributed by atoms with van der Waals surface area (Å²) in [6, 6.07) is 13.5. The smallest absolute Gasteiger partial charge is 0.261 e. The molecule has 20 heavy (non-hydrogen) atoms. The molecule has 0 aliphatic carbocycles. The number of methoxy groups -OCH3 is 1. The molecular formula is C15H17NO3S. The summed E-state index contributed by atoms with van der Waals surface area (Å²) in [7, 11) is -1.95. The van der Waals surface area contributed by atoms with Gasteiger partial charge < -0.3 is 4.74 Å². The number of anilines is 1. The fourth-order valence-electron chi connectivity index (χ4n) is 1.93. The van der Waals surface area contributed by atoms with Crippen molar-refractivity contribution in [2.45, 2.75) is 18.2 Å². The first-order chi connectivity index (χ1) is 9.56. The van der Waals surface area contributed by atoms with Gasteiger partial charge in [-0.05, 0) is 42.3 Å². The van der Waals surface area contributed by atoms with Gasteiger partial charge in [0.2, 0.25) is 0 Å². The highest BCUT2D eigenvalue weighted by atomic mass is 32.2. The van der Waals surface area contributed by atoms with E-state index in [2.05, 4.69) is 4.72 Å². The molecule has 0 aliphatic heterocycles. The van der Waals surface area contributed by atoms with Crippen LogP contribution < -0.4 is 9.46 Å². The van der Waals surface area contributed by atoms with E-state index in [9.17, 15) is 8.42 Å². The molecule has 0 heterocycles. The van der Waals surface area contributed by atoms with Crippen molar-refractivity contribution in [2.75, 3.05) is 11.8 Å². The molecule has 0 bridgehead atoms. The Hall–Kier alpha value is -2.01. The van der Waals surface area contributed by atoms with Gasteiger partial charge in [0.25, 0.3) is 10.0 Å². The van der Waals surface area contributed by atoms with Crippen LogP contribution in [0.2, 0.25) is 0 Å². The fraction of sp³-hybridized carbons (Fsp3) is 0.200. The van der Waals surface area contributed by atoms with Gasteiger partial charge in [0, 0.05) is 5.69 Å². The molecule has 0 aliphatic rings. The minimum Gasteiger partial charge on any atom is -0.496 e. The molecule has 4 nitrogen and oxygen atoms in total. The van der Waals surface area contributed by atoms with Gasteiger partial charge in [0.05, 0.1) is 12.0 Å². The van der Waals surface area contributed by atoms with Crippen molar-refractivity contribution in [2.24, 2.45) is 0 Å². The van der Waals surface area contributed by atoms with E-state index < -0.39 is 10.0 Å². The molecular weight excluding hydrogens is 274 g/mol. The van der Waals surface area contributed by atoms with Crippen LogP contribution in [0.25, 0.3) is 0 Å². The molecule has 0 radical (unpaired) electrons. The van der Waals surface area contributed by atoms with Gasteiger partial charge in [-0.25, -0.2) is 8.42 Å². The monoisotopic (exact) mass is 291 g/mol. The first kappa shape index (κ1) is 14.4. The highest BCUT2D eigenvalue weighted by molar-refractivity contribution is 7.92. The number of rotatable bonds is 5. The lowest BCUT2D eigenvalue weighted by Gasteiger charge is -2.11. The van der Waals surface area contributed by atoms with E-state index in [0.717, 1.165) is 17.7 Å². The van der Waals surface area contributed by atoms with Gasteiger partial charge in [-0.3, -0.25) is 4.72 Å². The molecule has 2 rings (SSSR count). The van der Waals surface area contributed by atoms with Crippen molar-refractivity contribution in [3.8, 4) is 5.75 Å². The molecule has 0 aromatic heterocycles. The standard InChI is InChI=1S/C15H17NO3S/c1-3-12-11-13(9-10-15(12)19-2)16-20(17,18)14-7-5-4-6-8-14/h4-11,16H,3H2,1-2H3. The normalized spacial score (nSPS) is 11.1. The third kappa shape index (κ3) is 3.11.